The molecule has 0 unspecified atom stereocenters. The molecule has 1 N–H and O–H groups in total. The van der Waals surface area contributed by atoms with Crippen molar-refractivity contribution in [1.29, 1.82) is 0 Å². The summed E-state index contributed by atoms with van der Waals surface area (Å²) in [6.07, 6.45) is -1.34. The van der Waals surface area contributed by atoms with Gasteiger partial charge in [-0.25, -0.2) is 4.68 Å². The maximum atomic E-state index is 12.6. The van der Waals surface area contributed by atoms with Crippen molar-refractivity contribution in [3.63, 3.8) is 0 Å². The Balaban J connectivity index is 1.35. The van der Waals surface area contributed by atoms with Crippen LogP contribution in [0.4, 0.5) is 13.2 Å². The second kappa shape index (κ2) is 7.97. The molecule has 0 bridgehead atoms. The Kier molecular flexibility index (Phi) is 4.76. The molecule has 0 aliphatic carbocycles. The summed E-state index contributed by atoms with van der Waals surface area (Å²) in [7, 11) is 0. The lowest BCUT2D eigenvalue weighted by molar-refractivity contribution is -0.274. The summed E-state index contributed by atoms with van der Waals surface area (Å²) >= 11 is 0. The Labute approximate surface area is 195 Å². The van der Waals surface area contributed by atoms with E-state index in [0.717, 1.165) is 38.9 Å². The van der Waals surface area contributed by atoms with Crippen molar-refractivity contribution in [2.24, 2.45) is 0 Å². The van der Waals surface area contributed by atoms with E-state index in [9.17, 15) is 13.2 Å². The molecule has 0 spiro atoms. The third-order valence-electron chi connectivity index (χ3n) is 5.59. The van der Waals surface area contributed by atoms with Crippen LogP contribution in [0, 0.1) is 0 Å². The first-order valence-corrected chi connectivity index (χ1v) is 10.6. The van der Waals surface area contributed by atoms with Gasteiger partial charge in [0.05, 0.1) is 35.2 Å². The van der Waals surface area contributed by atoms with Crippen LogP contribution in [-0.2, 0) is 6.54 Å². The van der Waals surface area contributed by atoms with E-state index >= 15 is 0 Å². The highest BCUT2D eigenvalue weighted by molar-refractivity contribution is 5.84. The molecule has 0 fully saturated rings. The van der Waals surface area contributed by atoms with E-state index in [1.807, 2.05) is 42.5 Å². The number of rotatable bonds is 5. The van der Waals surface area contributed by atoms with Crippen LogP contribution >= 0.6 is 0 Å². The number of nitrogens with zero attached hydrogens (tertiary/aromatic N) is 6. The number of alkyl halides is 3. The lowest BCUT2D eigenvalue weighted by Gasteiger charge is -2.12. The average molecular weight is 475 g/mol. The standard InChI is InChI=1S/C24H16F3N7O/c25-24(26,27)35-19-3-1-2-15(10-19)14-33-22(8-9-29-33)16-5-7-20-23(11-16)34(32-31-20)18-6-4-17-13-28-30-21(17)12-18/h1-13H,14H2,(H,28,30). The van der Waals surface area contributed by atoms with Gasteiger partial charge in [-0.15, -0.1) is 18.3 Å². The van der Waals surface area contributed by atoms with Crippen LogP contribution in [0.1, 0.15) is 5.56 Å². The van der Waals surface area contributed by atoms with Gasteiger partial charge in [0.1, 0.15) is 11.3 Å². The van der Waals surface area contributed by atoms with Gasteiger partial charge in [0.2, 0.25) is 0 Å². The highest BCUT2D eigenvalue weighted by Gasteiger charge is 2.31. The summed E-state index contributed by atoms with van der Waals surface area (Å²) in [5, 5.41) is 21.0. The van der Waals surface area contributed by atoms with Crippen LogP contribution in [0.3, 0.4) is 0 Å². The lowest BCUT2D eigenvalue weighted by atomic mass is 10.1. The van der Waals surface area contributed by atoms with Gasteiger partial charge in [-0.3, -0.25) is 9.78 Å². The number of fused-ring (bicyclic) bond motifs is 2. The smallest absolute Gasteiger partial charge is 0.406 e. The quantitative estimate of drug-likeness (QED) is 0.375. The first-order valence-electron chi connectivity index (χ1n) is 10.6. The number of hydrogen-bond acceptors (Lipinski definition) is 5. The molecule has 8 nitrogen and oxygen atoms in total. The van der Waals surface area contributed by atoms with Crippen LogP contribution < -0.4 is 4.74 Å². The molecule has 0 aliphatic rings. The van der Waals surface area contributed by atoms with Crippen LogP contribution in [0.5, 0.6) is 5.75 Å². The Morgan fingerprint density at radius 2 is 1.89 bits per heavy atom. The summed E-state index contributed by atoms with van der Waals surface area (Å²) in [5.41, 5.74) is 5.52. The number of aromatic amines is 1. The molecule has 0 radical (unpaired) electrons. The van der Waals surface area contributed by atoms with Gasteiger partial charge in [0, 0.05) is 17.1 Å². The van der Waals surface area contributed by atoms with E-state index < -0.39 is 6.36 Å². The molecular formula is C24H16F3N7O. The number of nitrogens with one attached hydrogen (secondary N) is 1. The number of ether oxygens (including phenoxy) is 1. The summed E-state index contributed by atoms with van der Waals surface area (Å²) < 4.78 is 45.3. The number of H-pyrrole nitrogens is 1. The molecule has 3 heterocycles. The number of benzene rings is 3. The monoisotopic (exact) mass is 475 g/mol. The Morgan fingerprint density at radius 3 is 2.77 bits per heavy atom. The Hall–Kier alpha value is -4.67. The minimum absolute atomic E-state index is 0.267. The van der Waals surface area contributed by atoms with Crippen molar-refractivity contribution in [2.75, 3.05) is 0 Å². The summed E-state index contributed by atoms with van der Waals surface area (Å²) in [6, 6.07) is 19.3. The summed E-state index contributed by atoms with van der Waals surface area (Å²) in [4.78, 5) is 0. The second-order valence-electron chi connectivity index (χ2n) is 7.92. The molecule has 0 amide bonds. The van der Waals surface area contributed by atoms with Crippen molar-refractivity contribution < 1.29 is 17.9 Å². The van der Waals surface area contributed by atoms with Crippen molar-refractivity contribution >= 4 is 21.9 Å². The summed E-state index contributed by atoms with van der Waals surface area (Å²) in [6.45, 7) is 0.267. The number of halogens is 3. The van der Waals surface area contributed by atoms with Crippen molar-refractivity contribution in [3.05, 3.63) is 84.7 Å². The van der Waals surface area contributed by atoms with E-state index in [1.165, 1.54) is 18.2 Å². The first kappa shape index (κ1) is 20.9. The zero-order valence-electron chi connectivity index (χ0n) is 17.9. The maximum absolute atomic E-state index is 12.6. The zero-order chi connectivity index (χ0) is 24.0. The normalized spacial score (nSPS) is 12.0. The van der Waals surface area contributed by atoms with Gasteiger partial charge in [0.15, 0.2) is 0 Å². The van der Waals surface area contributed by atoms with Gasteiger partial charge >= 0.3 is 6.36 Å². The van der Waals surface area contributed by atoms with Crippen molar-refractivity contribution in [2.45, 2.75) is 12.9 Å². The topological polar surface area (TPSA) is 86.4 Å². The van der Waals surface area contributed by atoms with Crippen molar-refractivity contribution in [1.82, 2.24) is 35.0 Å². The van der Waals surface area contributed by atoms with Crippen LogP contribution in [0.25, 0.3) is 38.9 Å². The fraction of sp³-hybridized carbons (Fsp3) is 0.0833. The van der Waals surface area contributed by atoms with E-state index in [-0.39, 0.29) is 12.3 Å². The third-order valence-corrected chi connectivity index (χ3v) is 5.59. The molecule has 0 atom stereocenters. The fourth-order valence-electron chi connectivity index (χ4n) is 4.04. The third kappa shape index (κ3) is 4.07. The first-order chi connectivity index (χ1) is 16.9. The SMILES string of the molecule is FC(F)(F)Oc1cccc(Cn2nccc2-c2ccc3nnn(-c4ccc5cn[nH]c5c4)c3c2)c1. The predicted molar refractivity (Wildman–Crippen MR) is 122 cm³/mol. The maximum Gasteiger partial charge on any atom is 0.573 e. The van der Waals surface area contributed by atoms with E-state index in [0.29, 0.717) is 5.56 Å². The highest BCUT2D eigenvalue weighted by atomic mass is 19.4. The Morgan fingerprint density at radius 1 is 0.971 bits per heavy atom. The van der Waals surface area contributed by atoms with Gasteiger partial charge in [-0.05, 0) is 54.1 Å². The minimum Gasteiger partial charge on any atom is -0.406 e. The largest absolute Gasteiger partial charge is 0.573 e. The molecule has 35 heavy (non-hydrogen) atoms. The molecule has 11 heteroatoms. The predicted octanol–water partition coefficient (Wildman–Crippen LogP) is 5.11. The average Bonchev–Trinajstić information content (AvgIpc) is 3.56. The molecule has 6 rings (SSSR count). The summed E-state index contributed by atoms with van der Waals surface area (Å²) in [5.74, 6) is -0.269. The van der Waals surface area contributed by atoms with Crippen LogP contribution in [0.15, 0.2) is 79.1 Å². The molecule has 0 saturated carbocycles. The molecule has 0 aliphatic heterocycles. The fourth-order valence-corrected chi connectivity index (χ4v) is 4.04. The van der Waals surface area contributed by atoms with E-state index in [2.05, 4.69) is 30.3 Å². The minimum atomic E-state index is -4.75. The Bertz CT molecular complexity index is 1660. The lowest BCUT2D eigenvalue weighted by Crippen LogP contribution is -2.17. The molecule has 3 aromatic carbocycles. The molecule has 0 saturated heterocycles. The molecule has 3 aromatic heterocycles. The van der Waals surface area contributed by atoms with Crippen molar-refractivity contribution in [3.8, 4) is 22.7 Å². The van der Waals surface area contributed by atoms with E-state index in [1.54, 1.807) is 27.8 Å². The molecule has 174 valence electrons. The number of aromatic nitrogens is 7. The van der Waals surface area contributed by atoms with Crippen LogP contribution in [0.2, 0.25) is 0 Å². The molecular weight excluding hydrogens is 459 g/mol. The molecule has 6 aromatic rings. The second-order valence-corrected chi connectivity index (χ2v) is 7.92. The van der Waals surface area contributed by atoms with Gasteiger partial charge in [-0.2, -0.15) is 10.2 Å². The van der Waals surface area contributed by atoms with Gasteiger partial charge in [-0.1, -0.05) is 23.4 Å². The van der Waals surface area contributed by atoms with Gasteiger partial charge < -0.3 is 4.74 Å². The van der Waals surface area contributed by atoms with Gasteiger partial charge in [0.25, 0.3) is 0 Å². The van der Waals surface area contributed by atoms with Crippen LogP contribution in [-0.4, -0.2) is 41.3 Å². The zero-order valence-corrected chi connectivity index (χ0v) is 17.9. The van der Waals surface area contributed by atoms with E-state index in [4.69, 9.17) is 0 Å². The highest BCUT2D eigenvalue weighted by Crippen LogP contribution is 2.28. The number of hydrogen-bond donors (Lipinski definition) is 1.